The highest BCUT2D eigenvalue weighted by molar-refractivity contribution is 9.10. The zero-order valence-electron chi connectivity index (χ0n) is 39.1. The van der Waals surface area contributed by atoms with Crippen LogP contribution in [0.3, 0.4) is 0 Å². The molecular formula is C58H54BrN3O8. The predicted molar refractivity (Wildman–Crippen MR) is 277 cm³/mol. The second-order valence-corrected chi connectivity index (χ2v) is 16.6. The molecule has 0 fully saturated rings. The highest BCUT2D eigenvalue weighted by Crippen LogP contribution is 2.38. The number of esters is 2. The number of anilines is 2. The summed E-state index contributed by atoms with van der Waals surface area (Å²) in [7, 11) is 2.70. The van der Waals surface area contributed by atoms with E-state index in [1.165, 1.54) is 14.2 Å². The van der Waals surface area contributed by atoms with E-state index in [-0.39, 0.29) is 12.2 Å². The number of nitrogens with zero attached hydrogens (tertiary/aromatic N) is 2. The Bertz CT molecular complexity index is 2920. The molecule has 1 heterocycles. The summed E-state index contributed by atoms with van der Waals surface area (Å²) in [4.78, 5) is 25.4. The van der Waals surface area contributed by atoms with Crippen LogP contribution in [0.2, 0.25) is 0 Å². The quantitative estimate of drug-likeness (QED) is 0.0423. The monoisotopic (exact) mass is 999 g/mol. The Balaban J connectivity index is 0.000000229. The van der Waals surface area contributed by atoms with Crippen LogP contribution in [-0.2, 0) is 42.4 Å². The maximum Gasteiger partial charge on any atom is 0.343 e. The van der Waals surface area contributed by atoms with Gasteiger partial charge in [0.25, 0.3) is 0 Å². The lowest BCUT2D eigenvalue weighted by molar-refractivity contribution is 0.0586. The molecule has 0 aliphatic carbocycles. The van der Waals surface area contributed by atoms with E-state index in [9.17, 15) is 9.59 Å². The molecule has 0 unspecified atom stereocenters. The van der Waals surface area contributed by atoms with Gasteiger partial charge in [0, 0.05) is 40.8 Å². The molecule has 12 heteroatoms. The third-order valence-corrected chi connectivity index (χ3v) is 11.4. The number of unbranched alkanes of at least 4 members (excludes halogenated alkanes) is 1. The lowest BCUT2D eigenvalue weighted by atomic mass is 10.1. The molecule has 0 aliphatic heterocycles. The molecule has 1 N–H and O–H groups in total. The molecule has 0 radical (unpaired) electrons. The Hall–Kier alpha value is -8.09. The number of ether oxygens (including phenoxy) is 6. The lowest BCUT2D eigenvalue weighted by Gasteiger charge is -2.18. The van der Waals surface area contributed by atoms with Crippen molar-refractivity contribution in [1.29, 1.82) is 0 Å². The molecule has 0 aliphatic rings. The van der Waals surface area contributed by atoms with Crippen molar-refractivity contribution in [3.63, 3.8) is 0 Å². The molecular weight excluding hydrogens is 947 g/mol. The average Bonchev–Trinajstić information content (AvgIpc) is 3.81. The number of aryl methyl sites for hydroxylation is 1. The zero-order valence-corrected chi connectivity index (χ0v) is 40.7. The molecule has 8 rings (SSSR count). The van der Waals surface area contributed by atoms with Crippen LogP contribution in [0.1, 0.15) is 55.8 Å². The Morgan fingerprint density at radius 2 is 1.00 bits per heavy atom. The Morgan fingerprint density at radius 3 is 1.47 bits per heavy atom. The molecule has 0 spiro atoms. The smallest absolute Gasteiger partial charge is 0.343 e. The number of methoxy groups -OCH3 is 2. The summed E-state index contributed by atoms with van der Waals surface area (Å²) in [6.45, 7) is 5.89. The molecule has 0 saturated heterocycles. The van der Waals surface area contributed by atoms with Gasteiger partial charge in [-0.15, -0.1) is 6.58 Å². The van der Waals surface area contributed by atoms with Gasteiger partial charge in [-0.3, -0.25) is 0 Å². The summed E-state index contributed by atoms with van der Waals surface area (Å²) in [5.41, 5.74) is 6.95. The van der Waals surface area contributed by atoms with Crippen LogP contribution in [0.15, 0.2) is 199 Å². The fourth-order valence-corrected chi connectivity index (χ4v) is 7.75. The minimum Gasteiger partial charge on any atom is -0.489 e. The maximum atomic E-state index is 13.3. The van der Waals surface area contributed by atoms with E-state index < -0.39 is 11.9 Å². The molecule has 0 saturated carbocycles. The van der Waals surface area contributed by atoms with Crippen molar-refractivity contribution in [2.24, 2.45) is 0 Å². The first-order chi connectivity index (χ1) is 34.3. The predicted octanol–water partition coefficient (Wildman–Crippen LogP) is 13.6. The van der Waals surface area contributed by atoms with Crippen LogP contribution < -0.4 is 24.3 Å². The van der Waals surface area contributed by atoms with Crippen LogP contribution in [0, 0.1) is 0 Å². The summed E-state index contributed by atoms with van der Waals surface area (Å²) in [5, 5.41) is 8.35. The van der Waals surface area contributed by atoms with Crippen molar-refractivity contribution in [1.82, 2.24) is 9.78 Å². The number of benzene rings is 7. The standard InChI is InChI=1S/C36H35N3O4.C22H19BrO4/c1-3-4-14-21-39-34(24-31(38-39)29-19-12-7-13-20-29)37-32-22-30(42-25-27-15-8-5-9-16-27)23-33(35(32)36(40)41-2)43-26-28-17-10-6-11-18-28;1-25-22(24)21-19(23)12-18(26-14-16-8-4-2-5-9-16)13-20(21)27-15-17-10-6-3-7-11-17/h3,5-13,15-20,22-24,37H,1,4,14,21,25-26H2,2H3;2-13H,14-15H2,1H3. The second-order valence-electron chi connectivity index (χ2n) is 15.8. The first-order valence-corrected chi connectivity index (χ1v) is 23.5. The van der Waals surface area contributed by atoms with Gasteiger partial charge in [-0.2, -0.15) is 5.10 Å². The SMILES string of the molecule is C=CCCCn1nc(-c2ccccc2)cc1Nc1cc(OCc2ccccc2)cc(OCc2ccccc2)c1C(=O)OC.COC(=O)c1c(Br)cc(OCc2ccccc2)cc1OCc1ccccc1. The molecule has 356 valence electrons. The zero-order chi connectivity index (χ0) is 48.9. The molecule has 0 bridgehead atoms. The van der Waals surface area contributed by atoms with E-state index >= 15 is 0 Å². The first-order valence-electron chi connectivity index (χ1n) is 22.7. The van der Waals surface area contributed by atoms with Crippen LogP contribution in [0.4, 0.5) is 11.5 Å². The summed E-state index contributed by atoms with van der Waals surface area (Å²) >= 11 is 3.43. The normalized spacial score (nSPS) is 10.5. The summed E-state index contributed by atoms with van der Waals surface area (Å²) in [6.07, 6.45) is 3.62. The number of allylic oxidation sites excluding steroid dienone is 1. The molecule has 8 aromatic rings. The topological polar surface area (TPSA) is 119 Å². The minimum atomic E-state index is -0.527. The van der Waals surface area contributed by atoms with Gasteiger partial charge >= 0.3 is 11.9 Å². The summed E-state index contributed by atoms with van der Waals surface area (Å²) < 4.78 is 36.8. The average molecular weight is 1000 g/mol. The van der Waals surface area contributed by atoms with Gasteiger partial charge in [0.1, 0.15) is 66.4 Å². The van der Waals surface area contributed by atoms with Gasteiger partial charge in [0.05, 0.1) is 25.6 Å². The van der Waals surface area contributed by atoms with Crippen LogP contribution in [0.25, 0.3) is 11.3 Å². The highest BCUT2D eigenvalue weighted by atomic mass is 79.9. The number of carbonyl (C=O) groups excluding carboxylic acids is 2. The van der Waals surface area contributed by atoms with E-state index in [2.05, 4.69) is 27.8 Å². The number of rotatable bonds is 21. The molecule has 0 amide bonds. The van der Waals surface area contributed by atoms with Crippen LogP contribution in [0.5, 0.6) is 23.0 Å². The van der Waals surface area contributed by atoms with E-state index in [1.54, 1.807) is 24.3 Å². The number of aromatic nitrogens is 2. The van der Waals surface area contributed by atoms with Gasteiger partial charge < -0.3 is 33.7 Å². The number of carbonyl (C=O) groups is 2. The molecule has 1 aromatic heterocycles. The van der Waals surface area contributed by atoms with Crippen molar-refractivity contribution in [2.45, 2.75) is 45.8 Å². The maximum absolute atomic E-state index is 13.3. The Morgan fingerprint density at radius 1 is 0.571 bits per heavy atom. The summed E-state index contributed by atoms with van der Waals surface area (Å²) in [5.74, 6) is 1.63. The summed E-state index contributed by atoms with van der Waals surface area (Å²) in [6, 6.07) is 58.3. The van der Waals surface area contributed by atoms with Crippen molar-refractivity contribution in [2.75, 3.05) is 19.5 Å². The van der Waals surface area contributed by atoms with E-state index in [0.29, 0.717) is 65.1 Å². The van der Waals surface area contributed by atoms with Crippen molar-refractivity contribution in [3.8, 4) is 34.3 Å². The molecule has 7 aromatic carbocycles. The van der Waals surface area contributed by atoms with Crippen LogP contribution >= 0.6 is 15.9 Å². The highest BCUT2D eigenvalue weighted by Gasteiger charge is 2.24. The Kier molecular flexibility index (Phi) is 18.4. The minimum absolute atomic E-state index is 0.268. The largest absolute Gasteiger partial charge is 0.489 e. The van der Waals surface area contributed by atoms with E-state index in [1.807, 2.05) is 168 Å². The third-order valence-electron chi connectivity index (χ3n) is 10.7. The first kappa shape index (κ1) is 49.8. The van der Waals surface area contributed by atoms with Gasteiger partial charge in [0.2, 0.25) is 0 Å². The van der Waals surface area contributed by atoms with Crippen LogP contribution in [-0.4, -0.2) is 35.9 Å². The second kappa shape index (κ2) is 25.9. The van der Waals surface area contributed by atoms with Gasteiger partial charge in [-0.25, -0.2) is 14.3 Å². The van der Waals surface area contributed by atoms with Crippen molar-refractivity contribution in [3.05, 3.63) is 232 Å². The van der Waals surface area contributed by atoms with E-state index in [0.717, 1.165) is 52.2 Å². The van der Waals surface area contributed by atoms with E-state index in [4.69, 9.17) is 33.5 Å². The Labute approximate surface area is 417 Å². The fourth-order valence-electron chi connectivity index (χ4n) is 7.17. The van der Waals surface area contributed by atoms with Crippen molar-refractivity contribution >= 4 is 39.4 Å². The van der Waals surface area contributed by atoms with Gasteiger partial charge in [0.15, 0.2) is 0 Å². The molecule has 0 atom stereocenters. The molecule has 11 nitrogen and oxygen atoms in total. The number of hydrogen-bond acceptors (Lipinski definition) is 10. The molecule has 70 heavy (non-hydrogen) atoms. The van der Waals surface area contributed by atoms with Gasteiger partial charge in [-0.05, 0) is 57.1 Å². The lowest BCUT2D eigenvalue weighted by Crippen LogP contribution is -2.12. The van der Waals surface area contributed by atoms with Crippen molar-refractivity contribution < 1.29 is 38.0 Å². The number of nitrogens with one attached hydrogen (secondary N) is 1. The number of halogens is 1. The van der Waals surface area contributed by atoms with Gasteiger partial charge in [-0.1, -0.05) is 158 Å². The fraction of sp³-hybridized carbons (Fsp3) is 0.155. The number of hydrogen-bond donors (Lipinski definition) is 1. The third kappa shape index (κ3) is 14.2.